The van der Waals surface area contributed by atoms with Gasteiger partial charge in [0.2, 0.25) is 0 Å². The zero-order valence-electron chi connectivity index (χ0n) is 17.9. The van der Waals surface area contributed by atoms with Gasteiger partial charge in [0.15, 0.2) is 0 Å². The lowest BCUT2D eigenvalue weighted by molar-refractivity contribution is 0.0307. The van der Waals surface area contributed by atoms with E-state index in [1.165, 1.54) is 25.1 Å². The molecule has 0 unspecified atom stereocenters. The molecule has 1 heterocycles. The number of rotatable bonds is 0. The first kappa shape index (κ1) is 11.5. The van der Waals surface area contributed by atoms with Crippen LogP contribution in [-0.2, 0) is 4.74 Å². The average molecular weight is 325 g/mol. The van der Waals surface area contributed by atoms with Crippen molar-refractivity contribution in [3.8, 4) is 11.5 Å². The van der Waals surface area contributed by atoms with E-state index in [0.717, 1.165) is 6.07 Å². The monoisotopic (exact) mass is 325 g/mol. The van der Waals surface area contributed by atoms with Gasteiger partial charge in [-0.2, -0.15) is 0 Å². The standard InChI is InChI=1S/C18H24O5/c1-12-6-5-9-14(19)8-4-2-3-7-13-10-15(20)11-16(21)17(13)18(22)23-12/h3,7,10-12,14,19-21H,2,4-6,8-9H2,1H3/b7-3+/t12-,14+/m0/s1/i8D2,9D2,14D. The molecule has 23 heavy (non-hydrogen) atoms. The largest absolute Gasteiger partial charge is 0.508 e. The summed E-state index contributed by atoms with van der Waals surface area (Å²) >= 11 is 0. The van der Waals surface area contributed by atoms with Crippen LogP contribution < -0.4 is 0 Å². The van der Waals surface area contributed by atoms with E-state index in [9.17, 15) is 20.1 Å². The number of carbonyl (C=O) groups excluding carboxylic acids is 1. The fraction of sp³-hybridized carbons (Fsp3) is 0.500. The van der Waals surface area contributed by atoms with Gasteiger partial charge in [-0.1, -0.05) is 12.2 Å². The Morgan fingerprint density at radius 1 is 1.30 bits per heavy atom. The van der Waals surface area contributed by atoms with E-state index in [0.29, 0.717) is 0 Å². The summed E-state index contributed by atoms with van der Waals surface area (Å²) in [6.45, 7) is 1.49. The van der Waals surface area contributed by atoms with Gasteiger partial charge in [0.1, 0.15) is 17.1 Å². The first-order valence-electron chi connectivity index (χ1n) is 9.94. The quantitative estimate of drug-likeness (QED) is 0.637. The SMILES string of the molecule is [2H]C1([2H])CC/C=C/c2cc(O)cc(O)c2C(=O)O[C@@H](C)CCC([2H])([2H])[C@]1([2H])O. The molecule has 0 fully saturated rings. The fourth-order valence-electron chi connectivity index (χ4n) is 2.23. The molecule has 3 N–H and O–H groups in total. The zero-order chi connectivity index (χ0) is 21.3. The molecular weight excluding hydrogens is 296 g/mol. The molecule has 126 valence electrons. The molecule has 0 amide bonds. The minimum atomic E-state index is -3.00. The van der Waals surface area contributed by atoms with Crippen LogP contribution >= 0.6 is 0 Å². The lowest BCUT2D eigenvalue weighted by Crippen LogP contribution is -2.17. The van der Waals surface area contributed by atoms with Gasteiger partial charge in [0, 0.05) is 11.5 Å². The number of hydrogen-bond acceptors (Lipinski definition) is 5. The molecule has 0 spiro atoms. The second-order valence-electron chi connectivity index (χ2n) is 5.33. The summed E-state index contributed by atoms with van der Waals surface area (Å²) in [5, 5.41) is 30.1. The van der Waals surface area contributed by atoms with Crippen LogP contribution in [0.1, 0.15) is 68.1 Å². The van der Waals surface area contributed by atoms with Crippen molar-refractivity contribution in [3.63, 3.8) is 0 Å². The minimum absolute atomic E-state index is 0.0194. The molecule has 1 aliphatic rings. The van der Waals surface area contributed by atoms with E-state index >= 15 is 0 Å². The number of carbonyl (C=O) groups is 1. The van der Waals surface area contributed by atoms with E-state index in [-0.39, 0.29) is 36.1 Å². The lowest BCUT2D eigenvalue weighted by atomic mass is 10.0. The van der Waals surface area contributed by atoms with Crippen molar-refractivity contribution < 1.29 is 31.7 Å². The van der Waals surface area contributed by atoms with Gasteiger partial charge in [-0.15, -0.1) is 0 Å². The summed E-state index contributed by atoms with van der Waals surface area (Å²) in [5.41, 5.74) is 0.00441. The molecule has 0 aromatic heterocycles. The second-order valence-corrected chi connectivity index (χ2v) is 5.33. The van der Waals surface area contributed by atoms with Crippen LogP contribution in [0.5, 0.6) is 11.5 Å². The maximum Gasteiger partial charge on any atom is 0.342 e. The van der Waals surface area contributed by atoms with Gasteiger partial charge in [-0.25, -0.2) is 4.79 Å². The third-order valence-electron chi connectivity index (χ3n) is 3.39. The number of esters is 1. The first-order chi connectivity index (χ1) is 12.8. The van der Waals surface area contributed by atoms with Gasteiger partial charge in [-0.3, -0.25) is 0 Å². The van der Waals surface area contributed by atoms with Crippen molar-refractivity contribution in [2.24, 2.45) is 0 Å². The van der Waals surface area contributed by atoms with Gasteiger partial charge >= 0.3 is 5.97 Å². The van der Waals surface area contributed by atoms with Crippen molar-refractivity contribution in [2.75, 3.05) is 0 Å². The fourth-order valence-corrected chi connectivity index (χ4v) is 2.23. The molecule has 1 aliphatic heterocycles. The third-order valence-corrected chi connectivity index (χ3v) is 3.39. The smallest absolute Gasteiger partial charge is 0.342 e. The second kappa shape index (κ2) is 8.02. The Morgan fingerprint density at radius 3 is 2.83 bits per heavy atom. The average Bonchev–Trinajstić information content (AvgIpc) is 2.55. The Labute approximate surface area is 143 Å². The number of aromatic hydroxyl groups is 2. The predicted octanol–water partition coefficient (Wildman–Crippen LogP) is 3.37. The molecule has 0 saturated heterocycles. The predicted molar refractivity (Wildman–Crippen MR) is 87.4 cm³/mol. The number of fused-ring (bicyclic) bond motifs is 1. The lowest BCUT2D eigenvalue weighted by Gasteiger charge is -2.17. The van der Waals surface area contributed by atoms with Gasteiger partial charge in [0.25, 0.3) is 0 Å². The topological polar surface area (TPSA) is 87.0 Å². The molecule has 5 nitrogen and oxygen atoms in total. The Hall–Kier alpha value is -2.01. The van der Waals surface area contributed by atoms with Gasteiger partial charge in [0.05, 0.1) is 13.6 Å². The van der Waals surface area contributed by atoms with Crippen LogP contribution in [-0.4, -0.2) is 33.5 Å². The van der Waals surface area contributed by atoms with E-state index in [1.807, 2.05) is 0 Å². The number of aliphatic hydroxyl groups is 1. The van der Waals surface area contributed by atoms with E-state index in [1.54, 1.807) is 0 Å². The number of benzene rings is 1. The molecule has 0 saturated carbocycles. The maximum absolute atomic E-state index is 12.5. The molecule has 0 aliphatic carbocycles. The molecule has 2 atom stereocenters. The highest BCUT2D eigenvalue weighted by molar-refractivity contribution is 5.97. The van der Waals surface area contributed by atoms with Crippen molar-refractivity contribution in [2.45, 2.75) is 57.5 Å². The highest BCUT2D eigenvalue weighted by atomic mass is 16.5. The number of allylic oxidation sites excluding steroid dienone is 1. The molecule has 2 rings (SSSR count). The van der Waals surface area contributed by atoms with Gasteiger partial charge < -0.3 is 20.1 Å². The summed E-state index contributed by atoms with van der Waals surface area (Å²) in [6.07, 6.45) is -6.93. The van der Waals surface area contributed by atoms with Crippen molar-refractivity contribution >= 4 is 12.0 Å². The van der Waals surface area contributed by atoms with Crippen LogP contribution in [0.3, 0.4) is 0 Å². The number of phenols is 2. The molecule has 1 aromatic carbocycles. The number of ether oxygens (including phenoxy) is 1. The number of cyclic esters (lactones) is 1. The summed E-state index contributed by atoms with van der Waals surface area (Å²) in [4.78, 5) is 12.5. The summed E-state index contributed by atoms with van der Waals surface area (Å²) in [6, 6.07) is 2.25. The van der Waals surface area contributed by atoms with E-state index < -0.39 is 43.1 Å². The summed E-state index contributed by atoms with van der Waals surface area (Å²) < 4.78 is 45.2. The zero-order valence-corrected chi connectivity index (χ0v) is 12.9. The molecular formula is C18H24O5. The Morgan fingerprint density at radius 2 is 2.04 bits per heavy atom. The number of hydrogen-bond donors (Lipinski definition) is 3. The van der Waals surface area contributed by atoms with Crippen LogP contribution in [0.2, 0.25) is 0 Å². The highest BCUT2D eigenvalue weighted by Crippen LogP contribution is 2.30. The molecule has 0 radical (unpaired) electrons. The van der Waals surface area contributed by atoms with E-state index in [4.69, 9.17) is 11.6 Å². The third kappa shape index (κ3) is 4.99. The highest BCUT2D eigenvalue weighted by Gasteiger charge is 2.20. The number of phenolic OH excluding ortho intramolecular Hbond substituents is 2. The van der Waals surface area contributed by atoms with Crippen LogP contribution in [0.15, 0.2) is 18.2 Å². The summed E-state index contributed by atoms with van der Waals surface area (Å²) in [7, 11) is 0. The van der Waals surface area contributed by atoms with E-state index in [2.05, 4.69) is 0 Å². The Bertz CT molecular complexity index is 776. The molecule has 0 bridgehead atoms. The van der Waals surface area contributed by atoms with Crippen molar-refractivity contribution in [1.82, 2.24) is 0 Å². The Balaban J connectivity index is 2.47. The maximum atomic E-state index is 12.5. The molecule has 1 aromatic rings. The van der Waals surface area contributed by atoms with Gasteiger partial charge in [-0.05, 0) is 57.0 Å². The molecule has 5 heteroatoms. The minimum Gasteiger partial charge on any atom is -0.508 e. The first-order valence-corrected chi connectivity index (χ1v) is 7.44. The normalized spacial score (nSPS) is 35.8. The van der Waals surface area contributed by atoms with Crippen LogP contribution in [0.4, 0.5) is 0 Å². The van der Waals surface area contributed by atoms with Crippen molar-refractivity contribution in [3.05, 3.63) is 29.3 Å². The van der Waals surface area contributed by atoms with Crippen molar-refractivity contribution in [1.29, 1.82) is 0 Å². The summed E-state index contributed by atoms with van der Waals surface area (Å²) in [5.74, 6) is -1.61. The Kier molecular flexibility index (Phi) is 4.01. The van der Waals surface area contributed by atoms with Crippen LogP contribution in [0, 0.1) is 0 Å². The van der Waals surface area contributed by atoms with Crippen LogP contribution in [0.25, 0.3) is 6.08 Å².